The van der Waals surface area contributed by atoms with Gasteiger partial charge in [-0.1, -0.05) is 58.5 Å². The van der Waals surface area contributed by atoms with Gasteiger partial charge >= 0.3 is 0 Å². The van der Waals surface area contributed by atoms with Gasteiger partial charge in [0.2, 0.25) is 0 Å². The van der Waals surface area contributed by atoms with Crippen LogP contribution >= 0.6 is 92.8 Å². The molecule has 1 saturated carbocycles. The van der Waals surface area contributed by atoms with Gasteiger partial charge in [-0.15, -0.1) is 46.4 Å². The van der Waals surface area contributed by atoms with E-state index in [2.05, 4.69) is 31.2 Å². The van der Waals surface area contributed by atoms with Crippen LogP contribution in [-0.4, -0.2) is 68.2 Å². The van der Waals surface area contributed by atoms with E-state index in [9.17, 15) is 19.2 Å². The lowest BCUT2D eigenvalue weighted by atomic mass is 9.80. The van der Waals surface area contributed by atoms with Gasteiger partial charge in [0.1, 0.15) is 22.8 Å². The molecule has 0 spiro atoms. The van der Waals surface area contributed by atoms with Gasteiger partial charge in [-0.25, -0.2) is 9.97 Å². The Bertz CT molecular complexity index is 1610. The quantitative estimate of drug-likeness (QED) is 0.160. The van der Waals surface area contributed by atoms with Gasteiger partial charge < -0.3 is 21.3 Å². The van der Waals surface area contributed by atoms with Crippen molar-refractivity contribution in [2.24, 2.45) is 11.8 Å². The first-order valence-electron chi connectivity index (χ1n) is 14.3. The molecule has 8 rings (SSSR count). The molecule has 1 aliphatic carbocycles. The molecule has 6 heterocycles. The molecule has 18 heteroatoms. The fraction of sp³-hybridized carbons (Fsp3) is 0.333. The molecule has 2 unspecified atom stereocenters. The van der Waals surface area contributed by atoms with Crippen LogP contribution in [0.4, 0.5) is 0 Å². The molecular formula is C30H24Cl8N6O4. The zero-order valence-electron chi connectivity index (χ0n) is 24.3. The molecule has 2 aromatic heterocycles. The number of nitrogens with zero attached hydrogens (tertiary/aromatic N) is 2. The van der Waals surface area contributed by atoms with Gasteiger partial charge in [0, 0.05) is 49.1 Å². The third-order valence-electron chi connectivity index (χ3n) is 7.97. The van der Waals surface area contributed by atoms with Crippen molar-refractivity contribution in [2.75, 3.05) is 13.1 Å². The van der Waals surface area contributed by atoms with Crippen LogP contribution in [0.1, 0.15) is 53.1 Å². The topological polar surface area (TPSA) is 142 Å². The second-order valence-corrected chi connectivity index (χ2v) is 14.4. The van der Waals surface area contributed by atoms with E-state index in [0.717, 1.165) is 0 Å². The number of pyridine rings is 2. The van der Waals surface area contributed by atoms with E-state index in [-0.39, 0.29) is 80.2 Å². The Morgan fingerprint density at radius 3 is 1.04 bits per heavy atom. The Balaban J connectivity index is 1.47. The maximum Gasteiger partial charge on any atom is 0.270 e. The number of hydrogen-bond donors (Lipinski definition) is 4. The highest BCUT2D eigenvalue weighted by atomic mass is 35.5. The van der Waals surface area contributed by atoms with E-state index in [4.69, 9.17) is 92.8 Å². The van der Waals surface area contributed by atoms with E-state index in [1.807, 2.05) is 0 Å². The third kappa shape index (κ3) is 7.71. The molecule has 5 aliphatic rings. The van der Waals surface area contributed by atoms with Crippen molar-refractivity contribution >= 4 is 116 Å². The summed E-state index contributed by atoms with van der Waals surface area (Å²) in [5.41, 5.74) is 0.190. The normalized spacial score (nSPS) is 25.6. The van der Waals surface area contributed by atoms with Crippen LogP contribution in [-0.2, 0) is 13.1 Å². The Hall–Kier alpha value is -2.28. The van der Waals surface area contributed by atoms with E-state index < -0.39 is 57.0 Å². The number of halogens is 8. The highest BCUT2D eigenvalue weighted by Crippen LogP contribution is 2.42. The fourth-order valence-electron chi connectivity index (χ4n) is 5.28. The van der Waals surface area contributed by atoms with E-state index in [0.29, 0.717) is 0 Å². The van der Waals surface area contributed by atoms with Gasteiger partial charge in [-0.05, 0) is 24.3 Å². The predicted octanol–water partition coefficient (Wildman–Crippen LogP) is 6.10. The van der Waals surface area contributed by atoms with Crippen molar-refractivity contribution < 1.29 is 19.2 Å². The lowest BCUT2D eigenvalue weighted by Gasteiger charge is -2.43. The molecule has 8 bridgehead atoms. The number of rotatable bonds is 0. The highest BCUT2D eigenvalue weighted by molar-refractivity contribution is 6.49. The molecule has 3 aromatic rings. The summed E-state index contributed by atoms with van der Waals surface area (Å²) in [4.78, 5) is 60.6. The number of alkyl halides is 4. The smallest absolute Gasteiger partial charge is 0.270 e. The van der Waals surface area contributed by atoms with Gasteiger partial charge in [-0.3, -0.25) is 19.2 Å². The first-order chi connectivity index (χ1) is 22.8. The molecule has 4 amide bonds. The second kappa shape index (κ2) is 15.7. The lowest BCUT2D eigenvalue weighted by Crippen LogP contribution is -2.56. The summed E-state index contributed by atoms with van der Waals surface area (Å²) >= 11 is 53.0. The Labute approximate surface area is 314 Å². The summed E-state index contributed by atoms with van der Waals surface area (Å²) in [5.74, 6) is -3.58. The maximum absolute atomic E-state index is 13.1. The molecule has 10 nitrogen and oxygen atoms in total. The number of aromatic nitrogens is 2. The summed E-state index contributed by atoms with van der Waals surface area (Å²) in [7, 11) is 0. The van der Waals surface area contributed by atoms with E-state index in [1.54, 1.807) is 0 Å². The van der Waals surface area contributed by atoms with Crippen LogP contribution in [0.3, 0.4) is 0 Å². The van der Waals surface area contributed by atoms with Gasteiger partial charge in [-0.2, -0.15) is 0 Å². The molecule has 254 valence electrons. The minimum absolute atomic E-state index is 0.00191. The average Bonchev–Trinajstić information content (AvgIpc) is 3.09. The van der Waals surface area contributed by atoms with Gasteiger partial charge in [0.05, 0.1) is 41.6 Å². The summed E-state index contributed by atoms with van der Waals surface area (Å²) in [6, 6.07) is 8.68. The minimum Gasteiger partial charge on any atom is -0.350 e. The number of hydrogen-bond acceptors (Lipinski definition) is 6. The van der Waals surface area contributed by atoms with Crippen molar-refractivity contribution in [2.45, 2.75) is 34.6 Å². The Kier molecular flexibility index (Phi) is 12.1. The van der Waals surface area contributed by atoms with Crippen molar-refractivity contribution in [3.63, 3.8) is 0 Å². The third-order valence-corrected chi connectivity index (χ3v) is 12.5. The molecule has 4 aliphatic heterocycles. The summed E-state index contributed by atoms with van der Waals surface area (Å²) < 4.78 is 0. The van der Waals surface area contributed by atoms with E-state index >= 15 is 0 Å². The lowest BCUT2D eigenvalue weighted by molar-refractivity contribution is 0.0915. The second-order valence-electron chi connectivity index (χ2n) is 10.9. The summed E-state index contributed by atoms with van der Waals surface area (Å²) in [6.07, 6.45) is 0. The maximum atomic E-state index is 13.1. The van der Waals surface area contributed by atoms with Gasteiger partial charge in [0.15, 0.2) is 0 Å². The number of amides is 4. The molecule has 0 radical (unpaired) electrons. The van der Waals surface area contributed by atoms with Crippen LogP contribution in [0.5, 0.6) is 0 Å². The number of benzene rings is 1. The molecule has 1 fully saturated rings. The SMILES string of the molecule is O=C1NCc2c(Cl)c(Cl)c(c(Cl)c2Cl)CNC(=O)c2cccc(n2)C(=O)NCC2[C@@H](Cl)[C@@H](Cl)C(CNC(=O)c3cccc1n3)[C@@H](Cl)[C@H]2Cl. The van der Waals surface area contributed by atoms with Crippen molar-refractivity contribution in [1.29, 1.82) is 0 Å². The summed E-state index contributed by atoms with van der Waals surface area (Å²) in [5, 5.41) is 7.79. The van der Waals surface area contributed by atoms with Crippen LogP contribution < -0.4 is 21.3 Å². The molecular weight excluding hydrogens is 792 g/mol. The molecule has 1 aromatic carbocycles. The zero-order valence-corrected chi connectivity index (χ0v) is 30.4. The monoisotopic (exact) mass is 812 g/mol. The Morgan fingerprint density at radius 1 is 0.479 bits per heavy atom. The highest BCUT2D eigenvalue weighted by Gasteiger charge is 2.48. The Morgan fingerprint density at radius 2 is 0.750 bits per heavy atom. The standard InChI is InChI=1S/C30H24Cl8N6O4/c31-19-11-7-39-27(45)15-3-1-4-16(43-15)28(46)40-8-12-21(33)25(37)14(26(38)22(12)34)10-42-30(48)18-6-2-5-17(44-18)29(47)41-9-13(23(19)35)24(36)20(11)32/h1-6,11,13,19-20,23-24H,7-10H2,(H,39,45)(H,40,46)(H,41,47)(H,42,48)/t11?,13?,19-,20+,23+,24-. The first-order valence-corrected chi connectivity index (χ1v) is 17.5. The zero-order chi connectivity index (χ0) is 34.9. The fourth-order valence-corrected chi connectivity index (χ4v) is 8.35. The van der Waals surface area contributed by atoms with Crippen molar-refractivity contribution in [3.05, 3.63) is 90.4 Å². The number of carbonyl (C=O) groups is 4. The summed E-state index contributed by atoms with van der Waals surface area (Å²) in [6.45, 7) is -0.402. The van der Waals surface area contributed by atoms with E-state index in [1.165, 1.54) is 36.4 Å². The van der Waals surface area contributed by atoms with Crippen molar-refractivity contribution in [3.8, 4) is 0 Å². The molecule has 0 saturated heterocycles. The first kappa shape index (κ1) is 37.0. The molecule has 48 heavy (non-hydrogen) atoms. The van der Waals surface area contributed by atoms with Gasteiger partial charge in [0.25, 0.3) is 23.6 Å². The minimum atomic E-state index is -0.741. The predicted molar refractivity (Wildman–Crippen MR) is 188 cm³/mol. The average molecular weight is 816 g/mol. The van der Waals surface area contributed by atoms with Crippen molar-refractivity contribution in [1.82, 2.24) is 31.2 Å². The van der Waals surface area contributed by atoms with Crippen LogP contribution in [0.25, 0.3) is 0 Å². The van der Waals surface area contributed by atoms with Crippen LogP contribution in [0, 0.1) is 11.8 Å². The van der Waals surface area contributed by atoms with Crippen LogP contribution in [0.2, 0.25) is 20.1 Å². The van der Waals surface area contributed by atoms with Crippen LogP contribution in [0.15, 0.2) is 36.4 Å². The largest absolute Gasteiger partial charge is 0.350 e. The molecule has 6 atom stereocenters. The molecule has 4 N–H and O–H groups in total. The number of carbonyl (C=O) groups excluding carboxylic acids is 4. The number of nitrogens with one attached hydrogen (secondary N) is 4.